The van der Waals surface area contributed by atoms with E-state index in [1.165, 1.54) is 250 Å². The molecule has 6 nitrogen and oxygen atoms in total. The van der Waals surface area contributed by atoms with Gasteiger partial charge in [-0.25, -0.2) is 0 Å². The summed E-state index contributed by atoms with van der Waals surface area (Å²) in [6.45, 7) is 9.09. The molecule has 0 unspecified atom stereocenters. The minimum absolute atomic E-state index is 0.0613. The molecule has 0 amide bonds. The van der Waals surface area contributed by atoms with E-state index < -0.39 is 6.10 Å². The molecule has 0 heterocycles. The maximum Gasteiger partial charge on any atom is 0.306 e. The first-order chi connectivity index (χ1) is 33.4. The van der Waals surface area contributed by atoms with Crippen LogP contribution in [0.5, 0.6) is 0 Å². The summed E-state index contributed by atoms with van der Waals surface area (Å²) in [4.78, 5) is 38.2. The smallest absolute Gasteiger partial charge is 0.306 e. The van der Waals surface area contributed by atoms with E-state index in [-0.39, 0.29) is 31.1 Å². The lowest BCUT2D eigenvalue weighted by molar-refractivity contribution is -0.167. The largest absolute Gasteiger partial charge is 0.462 e. The average molecular weight is 962 g/mol. The first-order valence-corrected chi connectivity index (χ1v) is 30.9. The summed E-state index contributed by atoms with van der Waals surface area (Å²) in [5.74, 6) is 0.0226. The third-order valence-corrected chi connectivity index (χ3v) is 14.3. The molecule has 0 N–H and O–H groups in total. The van der Waals surface area contributed by atoms with Crippen LogP contribution < -0.4 is 0 Å². The van der Waals surface area contributed by atoms with Crippen LogP contribution in [0, 0.1) is 5.92 Å². The number of esters is 3. The topological polar surface area (TPSA) is 78.9 Å². The van der Waals surface area contributed by atoms with Crippen LogP contribution >= 0.6 is 0 Å². The average Bonchev–Trinajstić information content (AvgIpc) is 3.32. The number of ether oxygens (including phenoxy) is 3. The van der Waals surface area contributed by atoms with Crippen molar-refractivity contribution in [2.45, 2.75) is 361 Å². The van der Waals surface area contributed by atoms with E-state index in [1.54, 1.807) is 0 Å². The Balaban J connectivity index is 4.28. The third-order valence-electron chi connectivity index (χ3n) is 14.3. The standard InChI is InChI=1S/C62H120O6/c1-5-7-9-11-13-15-17-19-21-26-30-34-38-42-46-50-54-61(64)67-57-59(56-66-60(63)53-49-45-41-37-33-29-24-20-18-16-14-12-10-8-6-2)68-62(65)55-51-47-43-39-35-31-27-23-22-25-28-32-36-40-44-48-52-58(3)4/h58-59H,5-57H2,1-4H3/t59-/m1/s1. The molecule has 0 rings (SSSR count). The highest BCUT2D eigenvalue weighted by Crippen LogP contribution is 2.18. The van der Waals surface area contributed by atoms with Crippen molar-refractivity contribution in [2.24, 2.45) is 5.92 Å². The Bertz CT molecular complexity index is 1030. The summed E-state index contributed by atoms with van der Waals surface area (Å²) in [6, 6.07) is 0. The van der Waals surface area contributed by atoms with Crippen LogP contribution in [0.15, 0.2) is 0 Å². The van der Waals surface area contributed by atoms with Gasteiger partial charge >= 0.3 is 17.9 Å². The van der Waals surface area contributed by atoms with Gasteiger partial charge in [-0.3, -0.25) is 14.4 Å². The molecule has 0 radical (unpaired) electrons. The molecule has 1 atom stereocenters. The molecular weight excluding hydrogens is 841 g/mol. The van der Waals surface area contributed by atoms with Gasteiger partial charge < -0.3 is 14.2 Å². The molecule has 0 aromatic carbocycles. The fourth-order valence-electron chi connectivity index (χ4n) is 9.63. The van der Waals surface area contributed by atoms with Gasteiger partial charge in [0.05, 0.1) is 0 Å². The van der Waals surface area contributed by atoms with Gasteiger partial charge in [-0.2, -0.15) is 0 Å². The van der Waals surface area contributed by atoms with Crippen LogP contribution in [-0.2, 0) is 28.6 Å². The number of unbranched alkanes of at least 4 members (excludes halogenated alkanes) is 44. The van der Waals surface area contributed by atoms with Crippen LogP contribution in [0.1, 0.15) is 355 Å². The van der Waals surface area contributed by atoms with Gasteiger partial charge in [0.25, 0.3) is 0 Å². The lowest BCUT2D eigenvalue weighted by Gasteiger charge is -2.18. The second-order valence-electron chi connectivity index (χ2n) is 21.8. The van der Waals surface area contributed by atoms with E-state index in [9.17, 15) is 14.4 Å². The Morgan fingerprint density at radius 1 is 0.279 bits per heavy atom. The summed E-state index contributed by atoms with van der Waals surface area (Å²) in [5.41, 5.74) is 0. The predicted octanol–water partition coefficient (Wildman–Crippen LogP) is 20.6. The molecule has 0 bridgehead atoms. The third kappa shape index (κ3) is 55.3. The monoisotopic (exact) mass is 961 g/mol. The van der Waals surface area contributed by atoms with Crippen LogP contribution in [0.4, 0.5) is 0 Å². The van der Waals surface area contributed by atoms with E-state index in [2.05, 4.69) is 27.7 Å². The van der Waals surface area contributed by atoms with Crippen LogP contribution in [-0.4, -0.2) is 37.2 Å². The Kier molecular flexibility index (Phi) is 55.0. The molecule has 0 aliphatic heterocycles. The van der Waals surface area contributed by atoms with E-state index in [4.69, 9.17) is 14.2 Å². The number of rotatable bonds is 57. The fraction of sp³-hybridized carbons (Fsp3) is 0.952. The predicted molar refractivity (Wildman–Crippen MR) is 293 cm³/mol. The highest BCUT2D eigenvalue weighted by Gasteiger charge is 2.19. The van der Waals surface area contributed by atoms with Gasteiger partial charge in [-0.1, -0.05) is 317 Å². The van der Waals surface area contributed by atoms with E-state index in [0.717, 1.165) is 63.7 Å². The first-order valence-electron chi connectivity index (χ1n) is 30.9. The molecule has 0 saturated heterocycles. The molecule has 0 aromatic rings. The van der Waals surface area contributed by atoms with Crippen molar-refractivity contribution in [3.8, 4) is 0 Å². The molecule has 0 aliphatic rings. The number of hydrogen-bond donors (Lipinski definition) is 0. The SMILES string of the molecule is CCCCCCCCCCCCCCCCCCC(=O)OC[C@@H](COC(=O)CCCCCCCCCCCCCCCCC)OC(=O)CCCCCCCCCCCCCCCCCCC(C)C. The van der Waals surface area contributed by atoms with E-state index in [0.29, 0.717) is 19.3 Å². The Morgan fingerprint density at radius 3 is 0.721 bits per heavy atom. The van der Waals surface area contributed by atoms with Crippen molar-refractivity contribution in [3.05, 3.63) is 0 Å². The molecule has 0 saturated carbocycles. The zero-order valence-corrected chi connectivity index (χ0v) is 46.6. The van der Waals surface area contributed by atoms with Gasteiger partial charge in [0.15, 0.2) is 6.10 Å². The minimum Gasteiger partial charge on any atom is -0.462 e. The van der Waals surface area contributed by atoms with Crippen molar-refractivity contribution in [3.63, 3.8) is 0 Å². The zero-order chi connectivity index (χ0) is 49.5. The van der Waals surface area contributed by atoms with Gasteiger partial charge in [-0.15, -0.1) is 0 Å². The molecule has 6 heteroatoms. The van der Waals surface area contributed by atoms with Crippen molar-refractivity contribution in [1.29, 1.82) is 0 Å². The van der Waals surface area contributed by atoms with Crippen LogP contribution in [0.25, 0.3) is 0 Å². The van der Waals surface area contributed by atoms with Gasteiger partial charge in [0.1, 0.15) is 13.2 Å². The van der Waals surface area contributed by atoms with Crippen LogP contribution in [0.3, 0.4) is 0 Å². The van der Waals surface area contributed by atoms with Crippen LogP contribution in [0.2, 0.25) is 0 Å². The quantitative estimate of drug-likeness (QED) is 0.0343. The molecule has 0 aliphatic carbocycles. The second kappa shape index (κ2) is 56.3. The van der Waals surface area contributed by atoms with Crippen molar-refractivity contribution in [2.75, 3.05) is 13.2 Å². The second-order valence-corrected chi connectivity index (χ2v) is 21.8. The molecule has 0 fully saturated rings. The van der Waals surface area contributed by atoms with Gasteiger partial charge in [-0.05, 0) is 25.2 Å². The molecule has 404 valence electrons. The highest BCUT2D eigenvalue weighted by molar-refractivity contribution is 5.71. The Labute approximate surface area is 425 Å². The minimum atomic E-state index is -0.762. The van der Waals surface area contributed by atoms with E-state index >= 15 is 0 Å². The summed E-state index contributed by atoms with van der Waals surface area (Å²) >= 11 is 0. The maximum atomic E-state index is 12.9. The fourth-order valence-corrected chi connectivity index (χ4v) is 9.63. The molecule has 68 heavy (non-hydrogen) atoms. The number of hydrogen-bond acceptors (Lipinski definition) is 6. The Morgan fingerprint density at radius 2 is 0.485 bits per heavy atom. The Hall–Kier alpha value is -1.59. The first kappa shape index (κ1) is 66.4. The summed E-state index contributed by atoms with van der Waals surface area (Å²) in [5, 5.41) is 0. The van der Waals surface area contributed by atoms with Crippen molar-refractivity contribution in [1.82, 2.24) is 0 Å². The van der Waals surface area contributed by atoms with Crippen molar-refractivity contribution < 1.29 is 28.6 Å². The molecule has 0 aromatic heterocycles. The lowest BCUT2D eigenvalue weighted by atomic mass is 10.0. The molecular formula is C62H120O6. The molecule has 0 spiro atoms. The summed E-state index contributed by atoms with van der Waals surface area (Å²) in [7, 11) is 0. The lowest BCUT2D eigenvalue weighted by Crippen LogP contribution is -2.30. The summed E-state index contributed by atoms with van der Waals surface area (Å²) < 4.78 is 16.9. The highest BCUT2D eigenvalue weighted by atomic mass is 16.6. The normalized spacial score (nSPS) is 12.0. The van der Waals surface area contributed by atoms with E-state index in [1.807, 2.05) is 0 Å². The van der Waals surface area contributed by atoms with Crippen molar-refractivity contribution >= 4 is 17.9 Å². The maximum absolute atomic E-state index is 12.9. The number of carbonyl (C=O) groups is 3. The zero-order valence-electron chi connectivity index (χ0n) is 46.6. The van der Waals surface area contributed by atoms with Gasteiger partial charge in [0, 0.05) is 19.3 Å². The summed E-state index contributed by atoms with van der Waals surface area (Å²) in [6.07, 6.45) is 62.4. The number of carbonyl (C=O) groups excluding carboxylic acids is 3. The van der Waals surface area contributed by atoms with Gasteiger partial charge in [0.2, 0.25) is 0 Å².